The summed E-state index contributed by atoms with van der Waals surface area (Å²) in [7, 11) is 12.6. The fourth-order valence-corrected chi connectivity index (χ4v) is 19.6. The lowest BCUT2D eigenvalue weighted by Crippen LogP contribution is -2.39. The van der Waals surface area contributed by atoms with Gasteiger partial charge in [0.25, 0.3) is 5.82 Å². The molecule has 0 unspecified atom stereocenters. The van der Waals surface area contributed by atoms with Crippen molar-refractivity contribution in [2.24, 2.45) is 42.3 Å². The smallest absolute Gasteiger partial charge is 0.297 e. The highest BCUT2D eigenvalue weighted by Crippen LogP contribution is 2.41. The van der Waals surface area contributed by atoms with E-state index >= 15 is 0 Å². The summed E-state index contributed by atoms with van der Waals surface area (Å²) < 4.78 is 39.1. The van der Waals surface area contributed by atoms with Gasteiger partial charge in [-0.25, -0.2) is 9.13 Å². The molecule has 640 valence electrons. The number of imidazole rings is 1. The second-order valence-corrected chi connectivity index (χ2v) is 34.7. The van der Waals surface area contributed by atoms with E-state index < -0.39 is 0 Å². The highest BCUT2D eigenvalue weighted by Gasteiger charge is 2.28. The van der Waals surface area contributed by atoms with E-state index in [2.05, 4.69) is 515 Å². The summed E-state index contributed by atoms with van der Waals surface area (Å²) in [6.07, 6.45) is 17.2. The molecule has 132 heavy (non-hydrogen) atoms. The summed E-state index contributed by atoms with van der Waals surface area (Å²) >= 11 is 0. The van der Waals surface area contributed by atoms with Gasteiger partial charge in [0.05, 0.1) is 66.0 Å². The maximum atomic E-state index is 6.27. The normalized spacial score (nSPS) is 11.5. The molecule has 0 saturated heterocycles. The molecule has 14 aromatic heterocycles. The van der Waals surface area contributed by atoms with E-state index in [1.165, 1.54) is 166 Å². The van der Waals surface area contributed by atoms with Crippen molar-refractivity contribution in [3.63, 3.8) is 0 Å². The molecule has 0 aliphatic rings. The number of pyridine rings is 1. The van der Waals surface area contributed by atoms with Crippen LogP contribution in [0.3, 0.4) is 0 Å². The second kappa shape index (κ2) is 34.2. The Balaban J connectivity index is 0.0000000956. The number of aromatic nitrogens is 12. The van der Waals surface area contributed by atoms with Crippen LogP contribution in [0, 0.1) is 41.5 Å². The summed E-state index contributed by atoms with van der Waals surface area (Å²) in [5.74, 6) is 1.13. The molecule has 0 atom stereocenters. The zero-order valence-electron chi connectivity index (χ0n) is 76.3. The minimum atomic E-state index is 0.933. The quantitative estimate of drug-likeness (QED) is 0.156. The fourth-order valence-electron chi connectivity index (χ4n) is 19.6. The average molecular weight is 1720 g/mol. The predicted molar refractivity (Wildman–Crippen MR) is 537 cm³/mol. The van der Waals surface area contributed by atoms with Gasteiger partial charge in [0, 0.05) is 66.9 Å². The summed E-state index contributed by atoms with van der Waals surface area (Å²) in [5.41, 5.74) is 37.2. The van der Waals surface area contributed by atoms with Crippen molar-refractivity contribution in [3.8, 4) is 67.7 Å². The lowest BCUT2D eigenvalue weighted by molar-refractivity contribution is -0.739. The monoisotopic (exact) mass is 1720 g/mol. The molecule has 0 radical (unpaired) electrons. The molecule has 0 saturated carbocycles. The summed E-state index contributed by atoms with van der Waals surface area (Å²) in [6, 6.07) is 124. The highest BCUT2D eigenvalue weighted by atomic mass is 16.3. The van der Waals surface area contributed by atoms with Crippen LogP contribution in [0.25, 0.3) is 188 Å². The summed E-state index contributed by atoms with van der Waals surface area (Å²) in [4.78, 5) is 0. The maximum absolute atomic E-state index is 6.27. The Hall–Kier alpha value is -16.6. The van der Waals surface area contributed by atoms with Crippen LogP contribution in [0.15, 0.2) is 410 Å². The van der Waals surface area contributed by atoms with Gasteiger partial charge in [-0.05, 0) is 190 Å². The molecule has 0 bridgehead atoms. The van der Waals surface area contributed by atoms with Crippen molar-refractivity contribution in [3.05, 3.63) is 435 Å². The average Bonchev–Trinajstić information content (AvgIpc) is 1.66. The van der Waals surface area contributed by atoms with E-state index in [-0.39, 0.29) is 0 Å². The molecular weight excluding hydrogens is 1620 g/mol. The van der Waals surface area contributed by atoms with Crippen molar-refractivity contribution >= 4 is 121 Å². The second-order valence-electron chi connectivity index (χ2n) is 34.7. The van der Waals surface area contributed by atoms with E-state index in [1.54, 1.807) is 0 Å². The molecule has 26 aromatic rings. The fraction of sp³-hybridized carbons (Fsp3) is 0.102. The Morgan fingerprint density at radius 2 is 0.742 bits per heavy atom. The van der Waals surface area contributed by atoms with Gasteiger partial charge < -0.3 is 17.6 Å². The Kier molecular flexibility index (Phi) is 21.4. The number of hydrogen-bond donors (Lipinski definition) is 0. The van der Waals surface area contributed by atoms with Gasteiger partial charge in [-0.15, -0.1) is 18.4 Å². The number of benzene rings is 12. The van der Waals surface area contributed by atoms with Gasteiger partial charge in [-0.2, -0.15) is 17.9 Å². The summed E-state index contributed by atoms with van der Waals surface area (Å²) in [6.45, 7) is 12.9. The first-order valence-corrected chi connectivity index (χ1v) is 45.0. The van der Waals surface area contributed by atoms with Crippen LogP contribution < -0.4 is 27.6 Å². The number of para-hydroxylation sites is 6. The largest absolute Gasteiger partial charge is 0.455 e. The molecule has 0 N–H and O–H groups in total. The van der Waals surface area contributed by atoms with Crippen molar-refractivity contribution in [1.29, 1.82) is 0 Å². The molecule has 14 heterocycles. The molecule has 0 fully saturated rings. The first-order chi connectivity index (χ1) is 64.5. The summed E-state index contributed by atoms with van der Waals surface area (Å²) in [5, 5.41) is 9.76. The zero-order chi connectivity index (χ0) is 90.1. The van der Waals surface area contributed by atoms with E-state index in [0.29, 0.717) is 0 Å². The Morgan fingerprint density at radius 1 is 0.265 bits per heavy atom. The molecule has 12 aromatic carbocycles. The zero-order valence-corrected chi connectivity index (χ0v) is 76.3. The first kappa shape index (κ1) is 82.4. The van der Waals surface area contributed by atoms with Crippen LogP contribution in [0.1, 0.15) is 33.4 Å². The molecule has 0 spiro atoms. The van der Waals surface area contributed by atoms with E-state index in [9.17, 15) is 0 Å². The van der Waals surface area contributed by atoms with Crippen LogP contribution in [-0.2, 0) is 42.3 Å². The van der Waals surface area contributed by atoms with Crippen molar-refractivity contribution in [2.75, 3.05) is 0 Å². The van der Waals surface area contributed by atoms with Gasteiger partial charge in [0.15, 0.2) is 43.8 Å². The third kappa shape index (κ3) is 14.8. The lowest BCUT2D eigenvalue weighted by Gasteiger charge is -2.06. The van der Waals surface area contributed by atoms with Gasteiger partial charge >= 0.3 is 0 Å². The Bertz CT molecular complexity index is 8920. The molecule has 0 amide bonds. The number of hydrogen-bond acceptors (Lipinski definition) is 2. The van der Waals surface area contributed by atoms with Crippen LogP contribution in [0.4, 0.5) is 0 Å². The van der Waals surface area contributed by atoms with Crippen molar-refractivity contribution in [1.82, 2.24) is 26.6 Å². The van der Waals surface area contributed by atoms with Crippen LogP contribution >= 0.6 is 0 Å². The number of fused-ring (bicyclic) bond motifs is 20. The predicted octanol–water partition coefficient (Wildman–Crippen LogP) is 24.8. The van der Waals surface area contributed by atoms with Crippen molar-refractivity contribution in [2.45, 2.75) is 41.5 Å². The maximum Gasteiger partial charge on any atom is 0.297 e. The van der Waals surface area contributed by atoms with Crippen LogP contribution in [0.5, 0.6) is 0 Å². The van der Waals surface area contributed by atoms with Gasteiger partial charge in [0.1, 0.15) is 92.6 Å². The van der Waals surface area contributed by atoms with E-state index in [0.717, 1.165) is 55.7 Å². The molecule has 14 nitrogen and oxygen atoms in total. The molecule has 14 heteroatoms. The topological polar surface area (TPSA) is 76.0 Å². The minimum Gasteiger partial charge on any atom is -0.455 e. The van der Waals surface area contributed by atoms with Crippen LogP contribution in [-0.4, -0.2) is 26.6 Å². The number of furan rings is 2. The molecule has 0 aliphatic carbocycles. The highest BCUT2D eigenvalue weighted by molar-refractivity contribution is 6.11. The third-order valence-electron chi connectivity index (χ3n) is 26.2. The first-order valence-electron chi connectivity index (χ1n) is 45.0. The SMILES string of the molecule is Cc1ccc2c(oc3ccccc32)c1-c1ccc2ccc[n+](C)n12.Cc1ccc2c(oc3ccccc32)c1-c1n2ccccc2c[n+]1C.Cc1ccccc1-c1c2cc3ccccc3n2cc[n+]1C.Cc1ccccc1-c1cc2cc3ccccc3n2c[n+]1C.Cc1ccccc1-c1ccc2cc3ccccc3n2[n+]1C.Cc1ccccc1-c1cn2c(cc3ccccc32)c[n+]1C. The lowest BCUT2D eigenvalue weighted by atomic mass is 10.0. The third-order valence-corrected chi connectivity index (χ3v) is 26.2. The minimum absolute atomic E-state index is 0.933. The number of nitrogens with zero attached hydrogens (tertiary/aromatic N) is 12. The Morgan fingerprint density at radius 3 is 1.37 bits per heavy atom. The van der Waals surface area contributed by atoms with Crippen molar-refractivity contribution < 1.29 is 36.5 Å². The molecule has 0 aliphatic heterocycles. The number of rotatable bonds is 6. The number of aryl methyl sites for hydroxylation is 12. The van der Waals surface area contributed by atoms with E-state index in [1.807, 2.05) is 24.3 Å². The van der Waals surface area contributed by atoms with Gasteiger partial charge in [-0.1, -0.05) is 218 Å². The van der Waals surface area contributed by atoms with Gasteiger partial charge in [-0.3, -0.25) is 0 Å². The van der Waals surface area contributed by atoms with E-state index in [4.69, 9.17) is 8.83 Å². The Labute approximate surface area is 765 Å². The van der Waals surface area contributed by atoms with Gasteiger partial charge in [0.2, 0.25) is 23.4 Å². The molecule has 26 rings (SSSR count). The molecular formula is C118H102N12O2+6. The standard InChI is InChI=1S/2C21H17N2O.4C19H17N2/c1-14-10-11-17-16-8-3-4-9-18(16)24-20(17)19(14)21-22(2)13-15-7-5-6-12-23(15)21;1-14-9-11-17-16-7-3-4-8-19(16)24-21(17)20(14)18-12-10-15-6-5-13-22(2)23(15)18;1-14-7-3-5-9-17(14)19-13-21-16(12-20(19)2)11-15-8-4-6-10-18(15)21;1-14-7-3-5-9-17(14)19-12-16-11-15-8-4-6-10-18(15)21(16)13-20(19)2;1-14-7-3-5-9-17(14)19-12-11-16-13-15-8-4-6-10-18(15)21(16)20(19)2;1-14-7-3-5-9-16(14)19-18-13-15-8-4-6-10-17(15)21(18)12-11-20(19)2/h2*3-13H,1-2H3;4*3-13H,1-2H3/q6*+1. The van der Waals surface area contributed by atoms with Crippen LogP contribution in [0.2, 0.25) is 0 Å².